The van der Waals surface area contributed by atoms with Crippen LogP contribution in [0.3, 0.4) is 0 Å². The van der Waals surface area contributed by atoms with E-state index in [9.17, 15) is 4.79 Å². The molecule has 3 atom stereocenters. The highest BCUT2D eigenvalue weighted by Gasteiger charge is 2.37. The Bertz CT molecular complexity index is 335. The minimum atomic E-state index is 0. The van der Waals surface area contributed by atoms with E-state index in [0.29, 0.717) is 0 Å². The maximum absolute atomic E-state index is 12.3. The molecule has 1 heterocycles. The van der Waals surface area contributed by atoms with Gasteiger partial charge in [0, 0.05) is 18.6 Å². The third kappa shape index (κ3) is 5.55. The minimum Gasteiger partial charge on any atom is -0.354 e. The summed E-state index contributed by atoms with van der Waals surface area (Å²) in [6.07, 6.45) is 7.16. The lowest BCUT2D eigenvalue weighted by Crippen LogP contribution is -2.56. The zero-order valence-electron chi connectivity index (χ0n) is 14.2. The van der Waals surface area contributed by atoms with Gasteiger partial charge in [0.1, 0.15) is 0 Å². The van der Waals surface area contributed by atoms with Gasteiger partial charge in [-0.3, -0.25) is 4.79 Å². The standard InChI is InChI=1S/C16H31N3O.2ClH/c1-13-6-4-8-16(10-13,19(2)3)12-18-15(20)14-7-5-9-17-11-14;;/h13-14,17H,4-12H2,1-3H3,(H,18,20);2*1H/t13?,14-,16?;;/m1../s1. The predicted molar refractivity (Wildman–Crippen MR) is 97.1 cm³/mol. The lowest BCUT2D eigenvalue weighted by molar-refractivity contribution is -0.126. The van der Waals surface area contributed by atoms with Crippen molar-refractivity contribution in [3.8, 4) is 0 Å². The van der Waals surface area contributed by atoms with Crippen LogP contribution in [0.5, 0.6) is 0 Å². The maximum Gasteiger partial charge on any atom is 0.224 e. The van der Waals surface area contributed by atoms with Crippen molar-refractivity contribution in [1.82, 2.24) is 15.5 Å². The van der Waals surface area contributed by atoms with Crippen LogP contribution in [0.15, 0.2) is 0 Å². The van der Waals surface area contributed by atoms with Crippen molar-refractivity contribution >= 4 is 30.7 Å². The molecule has 4 nitrogen and oxygen atoms in total. The highest BCUT2D eigenvalue weighted by Crippen LogP contribution is 2.35. The predicted octanol–water partition coefficient (Wildman–Crippen LogP) is 2.46. The summed E-state index contributed by atoms with van der Waals surface area (Å²) >= 11 is 0. The van der Waals surface area contributed by atoms with E-state index in [1.54, 1.807) is 0 Å². The van der Waals surface area contributed by atoms with Gasteiger partial charge in [-0.2, -0.15) is 0 Å². The second-order valence-corrected chi connectivity index (χ2v) is 7.08. The molecule has 1 saturated heterocycles. The summed E-state index contributed by atoms with van der Waals surface area (Å²) in [7, 11) is 4.32. The van der Waals surface area contributed by atoms with Crippen LogP contribution in [0.4, 0.5) is 0 Å². The fraction of sp³-hybridized carbons (Fsp3) is 0.938. The van der Waals surface area contributed by atoms with Crippen molar-refractivity contribution in [2.45, 2.75) is 51.0 Å². The smallest absolute Gasteiger partial charge is 0.224 e. The molecule has 1 aliphatic carbocycles. The Kier molecular flexibility index (Phi) is 9.95. The summed E-state index contributed by atoms with van der Waals surface area (Å²) < 4.78 is 0. The summed E-state index contributed by atoms with van der Waals surface area (Å²) in [5.41, 5.74) is 0.162. The van der Waals surface area contributed by atoms with Crippen molar-refractivity contribution in [1.29, 1.82) is 0 Å². The fourth-order valence-electron chi connectivity index (χ4n) is 3.83. The molecule has 1 amide bonds. The SMILES string of the molecule is CC1CCCC(CNC(=O)[C@@H]2CCCNC2)(N(C)C)C1.Cl.Cl. The second-order valence-electron chi connectivity index (χ2n) is 7.08. The number of hydrogen-bond acceptors (Lipinski definition) is 3. The van der Waals surface area contributed by atoms with Crippen molar-refractivity contribution in [2.24, 2.45) is 11.8 Å². The van der Waals surface area contributed by atoms with E-state index in [-0.39, 0.29) is 42.2 Å². The topological polar surface area (TPSA) is 44.4 Å². The molecule has 0 aromatic rings. The van der Waals surface area contributed by atoms with Crippen LogP contribution in [0, 0.1) is 11.8 Å². The van der Waals surface area contributed by atoms with Crippen LogP contribution < -0.4 is 10.6 Å². The molecular weight excluding hydrogens is 321 g/mol. The molecule has 132 valence electrons. The van der Waals surface area contributed by atoms with Crippen LogP contribution in [0.1, 0.15) is 45.4 Å². The number of hydrogen-bond donors (Lipinski definition) is 2. The number of piperidine rings is 1. The van der Waals surface area contributed by atoms with E-state index in [2.05, 4.69) is 36.6 Å². The summed E-state index contributed by atoms with van der Waals surface area (Å²) in [5.74, 6) is 1.18. The molecule has 2 aliphatic rings. The van der Waals surface area contributed by atoms with Crippen LogP contribution in [-0.2, 0) is 4.79 Å². The van der Waals surface area contributed by atoms with Gasteiger partial charge in [0.25, 0.3) is 0 Å². The Morgan fingerprint density at radius 1 is 1.27 bits per heavy atom. The minimum absolute atomic E-state index is 0. The normalized spacial score (nSPS) is 31.8. The second kappa shape index (κ2) is 9.96. The van der Waals surface area contributed by atoms with Crippen molar-refractivity contribution in [3.63, 3.8) is 0 Å². The van der Waals surface area contributed by atoms with Gasteiger partial charge >= 0.3 is 0 Å². The zero-order chi connectivity index (χ0) is 14.6. The van der Waals surface area contributed by atoms with Crippen molar-refractivity contribution in [2.75, 3.05) is 33.7 Å². The van der Waals surface area contributed by atoms with Gasteiger partial charge in [0.05, 0.1) is 5.92 Å². The third-order valence-electron chi connectivity index (χ3n) is 5.28. The molecule has 0 aromatic carbocycles. The molecule has 6 heteroatoms. The number of rotatable bonds is 4. The average molecular weight is 354 g/mol. The first kappa shape index (κ1) is 22.0. The van der Waals surface area contributed by atoms with Gasteiger partial charge in [-0.25, -0.2) is 0 Å². The van der Waals surface area contributed by atoms with Gasteiger partial charge in [-0.1, -0.05) is 19.8 Å². The van der Waals surface area contributed by atoms with Gasteiger partial charge in [-0.15, -0.1) is 24.8 Å². The molecule has 2 unspecified atom stereocenters. The maximum atomic E-state index is 12.3. The number of carbonyl (C=O) groups excluding carboxylic acids is 1. The van der Waals surface area contributed by atoms with Crippen molar-refractivity contribution in [3.05, 3.63) is 0 Å². The molecule has 0 aromatic heterocycles. The molecule has 2 rings (SSSR count). The Hall–Kier alpha value is -0.0300. The lowest BCUT2D eigenvalue weighted by atomic mass is 9.75. The molecule has 0 spiro atoms. The molecule has 1 aliphatic heterocycles. The van der Waals surface area contributed by atoms with Crippen molar-refractivity contribution < 1.29 is 4.79 Å². The monoisotopic (exact) mass is 353 g/mol. The van der Waals surface area contributed by atoms with E-state index in [0.717, 1.165) is 38.4 Å². The van der Waals surface area contributed by atoms with Crippen LogP contribution in [0.2, 0.25) is 0 Å². The number of amides is 1. The molecule has 0 radical (unpaired) electrons. The van der Waals surface area contributed by atoms with Gasteiger partial charge in [0.2, 0.25) is 5.91 Å². The van der Waals surface area contributed by atoms with E-state index in [1.807, 2.05) is 0 Å². The highest BCUT2D eigenvalue weighted by atomic mass is 35.5. The van der Waals surface area contributed by atoms with Crippen LogP contribution in [-0.4, -0.2) is 50.1 Å². The number of halogens is 2. The number of likely N-dealkylation sites (N-methyl/N-ethyl adjacent to an activating group) is 1. The summed E-state index contributed by atoms with van der Waals surface area (Å²) in [4.78, 5) is 14.7. The number of carbonyl (C=O) groups is 1. The van der Waals surface area contributed by atoms with Gasteiger partial charge in [-0.05, 0) is 52.2 Å². The first-order valence-electron chi connectivity index (χ1n) is 8.19. The Morgan fingerprint density at radius 3 is 2.55 bits per heavy atom. The average Bonchev–Trinajstić information content (AvgIpc) is 2.45. The van der Waals surface area contributed by atoms with Gasteiger partial charge < -0.3 is 15.5 Å². The Balaban J connectivity index is 0.00000220. The summed E-state index contributed by atoms with van der Waals surface area (Å²) in [6, 6.07) is 0. The first-order chi connectivity index (χ1) is 9.53. The van der Waals surface area contributed by atoms with Gasteiger partial charge in [0.15, 0.2) is 0 Å². The largest absolute Gasteiger partial charge is 0.354 e. The molecular formula is C16H33Cl2N3O. The lowest BCUT2D eigenvalue weighted by Gasteiger charge is -2.45. The molecule has 1 saturated carbocycles. The molecule has 2 N–H and O–H groups in total. The van der Waals surface area contributed by atoms with E-state index in [1.165, 1.54) is 25.7 Å². The fourth-order valence-corrected chi connectivity index (χ4v) is 3.83. The molecule has 0 bridgehead atoms. The number of nitrogens with zero attached hydrogens (tertiary/aromatic N) is 1. The van der Waals surface area contributed by atoms with Crippen LogP contribution >= 0.6 is 24.8 Å². The quantitative estimate of drug-likeness (QED) is 0.815. The van der Waals surface area contributed by atoms with Crippen LogP contribution in [0.25, 0.3) is 0 Å². The molecule has 2 fully saturated rings. The van der Waals surface area contributed by atoms with E-state index >= 15 is 0 Å². The summed E-state index contributed by atoms with van der Waals surface area (Å²) in [6.45, 7) is 5.05. The zero-order valence-corrected chi connectivity index (χ0v) is 15.8. The Morgan fingerprint density at radius 2 is 2.00 bits per heavy atom. The highest BCUT2D eigenvalue weighted by molar-refractivity contribution is 5.85. The summed E-state index contributed by atoms with van der Waals surface area (Å²) in [5, 5.41) is 6.57. The van der Waals surface area contributed by atoms with E-state index < -0.39 is 0 Å². The third-order valence-corrected chi connectivity index (χ3v) is 5.28. The first-order valence-corrected chi connectivity index (χ1v) is 8.19. The Labute approximate surface area is 148 Å². The van der Waals surface area contributed by atoms with E-state index in [4.69, 9.17) is 0 Å². The molecule has 22 heavy (non-hydrogen) atoms. The number of nitrogens with one attached hydrogen (secondary N) is 2.